The molecule has 0 fully saturated rings. The Labute approximate surface area is 261 Å². The van der Waals surface area contributed by atoms with Crippen LogP contribution in [0.1, 0.15) is 30.2 Å². The molecule has 0 radical (unpaired) electrons. The molecule has 8 aromatic carbocycles. The normalized spacial score (nSPS) is 20.4. The monoisotopic (exact) mass is 532 g/mol. The molecule has 0 amide bonds. The van der Waals surface area contributed by atoms with Gasteiger partial charge in [-0.25, -0.2) is 0 Å². The van der Waals surface area contributed by atoms with Crippen LogP contribution in [0.3, 0.4) is 0 Å². The minimum atomic E-state index is -0.910. The van der Waals surface area contributed by atoms with E-state index in [9.17, 15) is 6.85 Å². The van der Waals surface area contributed by atoms with Crippen molar-refractivity contribution in [3.05, 3.63) is 133 Å². The molecule has 8 aromatic rings. The lowest BCUT2D eigenvalue weighted by Gasteiger charge is -2.21. The van der Waals surface area contributed by atoms with Gasteiger partial charge in [-0.3, -0.25) is 0 Å². The third-order valence-electron chi connectivity index (χ3n) is 6.70. The van der Waals surface area contributed by atoms with Crippen LogP contribution in [-0.2, 0) is 0 Å². The van der Waals surface area contributed by atoms with Crippen molar-refractivity contribution in [2.75, 3.05) is 0 Å². The van der Waals surface area contributed by atoms with Gasteiger partial charge in [0.15, 0.2) is 0 Å². The number of hydrogen-bond donors (Lipinski definition) is 0. The molecule has 0 spiro atoms. The summed E-state index contributed by atoms with van der Waals surface area (Å²) in [6, 6.07) is -15.7. The molecule has 1 aliphatic heterocycles. The van der Waals surface area contributed by atoms with E-state index in [4.69, 9.17) is 23.3 Å². The molecule has 180 valence electrons. The third-order valence-corrected chi connectivity index (χ3v) is 7.72. The summed E-state index contributed by atoms with van der Waals surface area (Å²) in [5.41, 5.74) is -2.87. The van der Waals surface area contributed by atoms with Gasteiger partial charge in [-0.05, 0) is 83.2 Å². The highest BCUT2D eigenvalue weighted by atomic mass is 32.2. The first kappa shape index (κ1) is 9.26. The molecule has 0 saturated heterocycles. The van der Waals surface area contributed by atoms with Crippen LogP contribution >= 0.6 is 11.8 Å². The summed E-state index contributed by atoms with van der Waals surface area (Å²) in [7, 11) is 0. The first-order chi connectivity index (χ1) is 28.5. The van der Waals surface area contributed by atoms with E-state index in [2.05, 4.69) is 0 Å². The molecular formula is C38H22S. The Kier molecular flexibility index (Phi) is 1.89. The Morgan fingerprint density at radius 1 is 0.359 bits per heavy atom. The van der Waals surface area contributed by atoms with E-state index in [1.165, 1.54) is 0 Å². The van der Waals surface area contributed by atoms with Gasteiger partial charge in [-0.2, -0.15) is 0 Å². The summed E-state index contributed by atoms with van der Waals surface area (Å²) in [4.78, 5) is -0.198. The van der Waals surface area contributed by atoms with Gasteiger partial charge in [0.2, 0.25) is 0 Å². The third kappa shape index (κ3) is 3.02. The van der Waals surface area contributed by atoms with Gasteiger partial charge < -0.3 is 0 Å². The molecular weight excluding hydrogens is 488 g/mol. The van der Waals surface area contributed by atoms with E-state index < -0.39 is 161 Å². The summed E-state index contributed by atoms with van der Waals surface area (Å²) < 4.78 is 196. The SMILES string of the molecule is [2H]c1c([2H])c([2H])c2c(c1[2H])Sc1c([2H])c([2H])c(-c3c([2H])c([2H])c(-c4c([2H])c([2H])c5c([2H])c([2H])c6c([2H])c([2H])c([2H])c7c([2H])c([2H])c4c5c67)c([2H])c3[2H])c3c([2H])c([2H])c([2H])c-2c13. The first-order valence-corrected chi connectivity index (χ1v) is 12.5. The molecule has 0 nitrogen and oxygen atoms in total. The maximum Gasteiger partial charge on any atom is 0.0635 e. The smallest absolute Gasteiger partial charge is 0.0635 e. The minimum Gasteiger partial charge on any atom is -0.0888 e. The Bertz CT molecular complexity index is 3410. The second-order valence-corrected chi connectivity index (χ2v) is 9.78. The number of benzene rings is 8. The Balaban J connectivity index is 1.45. The maximum absolute atomic E-state index is 9.34. The molecule has 9 rings (SSSR count). The maximum atomic E-state index is 9.34. The highest BCUT2D eigenvalue weighted by Gasteiger charge is 2.20. The van der Waals surface area contributed by atoms with E-state index in [0.717, 1.165) is 0 Å². The predicted octanol–water partition coefficient (Wildman–Crippen LogP) is 11.2. The van der Waals surface area contributed by atoms with Crippen LogP contribution in [-0.4, -0.2) is 0 Å². The second kappa shape index (κ2) is 7.96. The van der Waals surface area contributed by atoms with Crippen LogP contribution < -0.4 is 0 Å². The van der Waals surface area contributed by atoms with Gasteiger partial charge >= 0.3 is 0 Å². The van der Waals surface area contributed by atoms with Gasteiger partial charge in [0.25, 0.3) is 0 Å². The molecule has 0 atom stereocenters. The van der Waals surface area contributed by atoms with Gasteiger partial charge in [-0.1, -0.05) is 133 Å². The van der Waals surface area contributed by atoms with Crippen molar-refractivity contribution in [3.8, 4) is 33.4 Å². The zero-order valence-electron chi connectivity index (χ0n) is 41.4. The van der Waals surface area contributed by atoms with Crippen molar-refractivity contribution in [2.24, 2.45) is 0 Å². The van der Waals surface area contributed by atoms with Crippen molar-refractivity contribution >= 4 is 54.9 Å². The minimum absolute atomic E-state index is 0.0907. The summed E-state index contributed by atoms with van der Waals surface area (Å²) in [6.07, 6.45) is 0. The topological polar surface area (TPSA) is 0 Å². The molecule has 0 saturated carbocycles. The van der Waals surface area contributed by atoms with Crippen LogP contribution in [0.2, 0.25) is 0 Å². The predicted molar refractivity (Wildman–Crippen MR) is 168 cm³/mol. The summed E-state index contributed by atoms with van der Waals surface area (Å²) >= 11 is 0.690. The lowest BCUT2D eigenvalue weighted by Crippen LogP contribution is -1.94. The van der Waals surface area contributed by atoms with Crippen LogP contribution in [0, 0.1) is 0 Å². The fourth-order valence-corrected chi connectivity index (χ4v) is 5.95. The fraction of sp³-hybridized carbons (Fsp3) is 0. The lowest BCUT2D eigenvalue weighted by atomic mass is 9.89. The summed E-state index contributed by atoms with van der Waals surface area (Å²) in [5, 5.41) is -2.41. The number of hydrogen-bond acceptors (Lipinski definition) is 1. The zero-order chi connectivity index (χ0) is 44.6. The number of rotatable bonds is 2. The van der Waals surface area contributed by atoms with Crippen LogP contribution in [0.25, 0.3) is 76.5 Å². The van der Waals surface area contributed by atoms with E-state index in [1.807, 2.05) is 0 Å². The average Bonchev–Trinajstić information content (AvgIpc) is 3.22. The first-order valence-electron chi connectivity index (χ1n) is 22.7. The Morgan fingerprint density at radius 3 is 1.74 bits per heavy atom. The van der Waals surface area contributed by atoms with Crippen molar-refractivity contribution in [2.45, 2.75) is 9.79 Å². The standard InChI is InChI=1S/C38H22S/c1-2-10-34-30(7-1)32-9-4-8-31-29(21-22-35(39-34)38(31)32)24-13-11-23(12-14-24)28-19-17-27-16-15-25-5-3-6-26-18-20-33(28)37(27)36(25)26/h1-22H/i1D,2D,3D,4D,5D,6D,7D,8D,9D,10D,11D,12D,13D,14D,15D,16D,17D,18D,19D,20D,21D,22D. The highest BCUT2D eigenvalue weighted by Crippen LogP contribution is 2.49. The van der Waals surface area contributed by atoms with Crippen LogP contribution in [0.5, 0.6) is 0 Å². The van der Waals surface area contributed by atoms with Crippen molar-refractivity contribution in [1.29, 1.82) is 0 Å². The highest BCUT2D eigenvalue weighted by molar-refractivity contribution is 7.99. The average molecular weight is 533 g/mol. The van der Waals surface area contributed by atoms with Gasteiger partial charge in [0.05, 0.1) is 30.2 Å². The molecule has 0 aromatic heterocycles. The van der Waals surface area contributed by atoms with Crippen molar-refractivity contribution < 1.29 is 30.2 Å². The molecule has 1 heterocycles. The molecule has 0 bridgehead atoms. The zero-order valence-corrected chi connectivity index (χ0v) is 20.2. The van der Waals surface area contributed by atoms with Crippen LogP contribution in [0.15, 0.2) is 143 Å². The molecule has 39 heavy (non-hydrogen) atoms. The molecule has 0 unspecified atom stereocenters. The Morgan fingerprint density at radius 2 is 0.949 bits per heavy atom. The molecule has 0 N–H and O–H groups in total. The van der Waals surface area contributed by atoms with E-state index in [-0.39, 0.29) is 58.6 Å². The summed E-state index contributed by atoms with van der Waals surface area (Å²) in [6.45, 7) is 0. The van der Waals surface area contributed by atoms with Crippen molar-refractivity contribution in [1.82, 2.24) is 0 Å². The van der Waals surface area contributed by atoms with E-state index >= 15 is 0 Å². The quantitative estimate of drug-likeness (QED) is 0.199. The van der Waals surface area contributed by atoms with E-state index in [1.54, 1.807) is 0 Å². The van der Waals surface area contributed by atoms with Gasteiger partial charge in [0, 0.05) is 15.2 Å². The largest absolute Gasteiger partial charge is 0.0888 e. The van der Waals surface area contributed by atoms with Gasteiger partial charge in [0.1, 0.15) is 0 Å². The molecule has 0 aliphatic carbocycles. The van der Waals surface area contributed by atoms with E-state index in [0.29, 0.717) is 11.8 Å². The second-order valence-electron chi connectivity index (χ2n) is 8.76. The van der Waals surface area contributed by atoms with Gasteiger partial charge in [-0.15, -0.1) is 0 Å². The molecule has 1 heteroatoms. The lowest BCUT2D eigenvalue weighted by molar-refractivity contribution is 1.40. The van der Waals surface area contributed by atoms with Crippen LogP contribution in [0.4, 0.5) is 0 Å². The Hall–Kier alpha value is -4.59. The summed E-state index contributed by atoms with van der Waals surface area (Å²) in [5.74, 6) is 0. The fourth-order valence-electron chi connectivity index (χ4n) is 4.98. The number of fused-ring (bicyclic) bond motifs is 2. The molecule has 1 aliphatic rings. The van der Waals surface area contributed by atoms with Crippen molar-refractivity contribution in [3.63, 3.8) is 0 Å².